The van der Waals surface area contributed by atoms with E-state index in [1.807, 2.05) is 30.1 Å². The first-order valence-electron chi connectivity index (χ1n) is 5.56. The average Bonchev–Trinajstić information content (AvgIpc) is 2.35. The summed E-state index contributed by atoms with van der Waals surface area (Å²) in [5, 5.41) is 1.23. The topological polar surface area (TPSA) is 38.9 Å². The van der Waals surface area contributed by atoms with E-state index in [9.17, 15) is 0 Å². The Balaban J connectivity index is 2.54. The largest absolute Gasteiger partial charge is 0.326 e. The van der Waals surface area contributed by atoms with Crippen LogP contribution in [0.25, 0.3) is 10.9 Å². The van der Waals surface area contributed by atoms with Crippen LogP contribution in [0.3, 0.4) is 0 Å². The highest BCUT2D eigenvalue weighted by atomic mass is 32.2. The normalized spacial score (nSPS) is 10.9. The van der Waals surface area contributed by atoms with Crippen LogP contribution >= 0.6 is 11.8 Å². The summed E-state index contributed by atoms with van der Waals surface area (Å²) in [4.78, 5) is 5.73. The molecule has 0 saturated heterocycles. The molecule has 0 saturated carbocycles. The lowest BCUT2D eigenvalue weighted by Gasteiger charge is -2.10. The quantitative estimate of drug-likeness (QED) is 0.823. The molecule has 0 aliphatic rings. The van der Waals surface area contributed by atoms with Gasteiger partial charge in [-0.2, -0.15) is 0 Å². The number of para-hydroxylation sites is 1. The zero-order chi connectivity index (χ0) is 11.4. The van der Waals surface area contributed by atoms with Gasteiger partial charge in [-0.15, -0.1) is 11.8 Å². The van der Waals surface area contributed by atoms with E-state index in [4.69, 9.17) is 5.73 Å². The van der Waals surface area contributed by atoms with E-state index in [1.165, 1.54) is 16.7 Å². The molecule has 16 heavy (non-hydrogen) atoms. The zero-order valence-electron chi connectivity index (χ0n) is 9.44. The monoisotopic (exact) mass is 232 g/mol. The van der Waals surface area contributed by atoms with Gasteiger partial charge in [0.2, 0.25) is 0 Å². The smallest absolute Gasteiger partial charge is 0.0713 e. The number of hydrogen-bond acceptors (Lipinski definition) is 3. The van der Waals surface area contributed by atoms with Crippen molar-refractivity contribution in [1.82, 2.24) is 4.98 Å². The third kappa shape index (κ3) is 2.20. The van der Waals surface area contributed by atoms with E-state index >= 15 is 0 Å². The summed E-state index contributed by atoms with van der Waals surface area (Å²) < 4.78 is 0. The third-order valence-electron chi connectivity index (χ3n) is 2.47. The predicted molar refractivity (Wildman–Crippen MR) is 70.6 cm³/mol. The van der Waals surface area contributed by atoms with Crippen molar-refractivity contribution >= 4 is 22.7 Å². The van der Waals surface area contributed by atoms with E-state index in [-0.39, 0.29) is 0 Å². The van der Waals surface area contributed by atoms with Crippen molar-refractivity contribution in [3.05, 3.63) is 36.0 Å². The maximum atomic E-state index is 5.76. The molecule has 0 amide bonds. The van der Waals surface area contributed by atoms with E-state index < -0.39 is 0 Å². The van der Waals surface area contributed by atoms with Gasteiger partial charge in [0.25, 0.3) is 0 Å². The summed E-state index contributed by atoms with van der Waals surface area (Å²) in [7, 11) is 0. The van der Waals surface area contributed by atoms with Crippen LogP contribution in [-0.4, -0.2) is 10.7 Å². The van der Waals surface area contributed by atoms with Gasteiger partial charge in [0.15, 0.2) is 0 Å². The lowest BCUT2D eigenvalue weighted by molar-refractivity contribution is 1.02. The highest BCUT2D eigenvalue weighted by Crippen LogP contribution is 2.30. The van der Waals surface area contributed by atoms with Crippen LogP contribution in [0.4, 0.5) is 0 Å². The van der Waals surface area contributed by atoms with E-state index in [0.29, 0.717) is 6.54 Å². The Morgan fingerprint density at radius 1 is 1.31 bits per heavy atom. The van der Waals surface area contributed by atoms with Gasteiger partial charge < -0.3 is 5.73 Å². The van der Waals surface area contributed by atoms with Gasteiger partial charge in [-0.3, -0.25) is 4.98 Å². The molecular weight excluding hydrogens is 216 g/mol. The minimum absolute atomic E-state index is 0.559. The molecule has 1 aromatic heterocycles. The summed E-state index contributed by atoms with van der Waals surface area (Å²) in [6.07, 6.45) is 3.08. The van der Waals surface area contributed by atoms with Crippen molar-refractivity contribution in [3.63, 3.8) is 0 Å². The zero-order valence-corrected chi connectivity index (χ0v) is 10.3. The van der Waals surface area contributed by atoms with Gasteiger partial charge in [0.1, 0.15) is 0 Å². The standard InChI is InChI=1S/C13H16N2S/c1-2-7-16-13-10(8-14)9-15-12-6-4-3-5-11(12)13/h3-6,9H,2,7-8,14H2,1H3. The van der Waals surface area contributed by atoms with Crippen LogP contribution in [0.1, 0.15) is 18.9 Å². The number of benzene rings is 1. The molecule has 3 heteroatoms. The number of aromatic nitrogens is 1. The molecule has 2 aromatic rings. The Hall–Kier alpha value is -1.06. The van der Waals surface area contributed by atoms with E-state index in [1.54, 1.807) is 0 Å². The Morgan fingerprint density at radius 2 is 2.12 bits per heavy atom. The van der Waals surface area contributed by atoms with Crippen molar-refractivity contribution in [2.24, 2.45) is 5.73 Å². The molecule has 2 rings (SSSR count). The van der Waals surface area contributed by atoms with Crippen molar-refractivity contribution in [2.75, 3.05) is 5.75 Å². The summed E-state index contributed by atoms with van der Waals surface area (Å²) in [5.41, 5.74) is 7.96. The van der Waals surface area contributed by atoms with E-state index in [2.05, 4.69) is 24.0 Å². The first kappa shape index (κ1) is 11.4. The second-order valence-electron chi connectivity index (χ2n) is 3.68. The number of thioether (sulfide) groups is 1. The van der Waals surface area contributed by atoms with Gasteiger partial charge in [-0.05, 0) is 23.8 Å². The Morgan fingerprint density at radius 3 is 2.88 bits per heavy atom. The first-order valence-corrected chi connectivity index (χ1v) is 6.55. The predicted octanol–water partition coefficient (Wildman–Crippen LogP) is 3.20. The van der Waals surface area contributed by atoms with Crippen LogP contribution in [0.2, 0.25) is 0 Å². The summed E-state index contributed by atoms with van der Waals surface area (Å²) in [6, 6.07) is 8.25. The fraction of sp³-hybridized carbons (Fsp3) is 0.308. The van der Waals surface area contributed by atoms with Crippen LogP contribution in [0.15, 0.2) is 35.4 Å². The molecule has 0 radical (unpaired) electrons. The first-order chi connectivity index (χ1) is 7.86. The third-order valence-corrected chi connectivity index (χ3v) is 3.85. The number of fused-ring (bicyclic) bond motifs is 1. The number of hydrogen-bond donors (Lipinski definition) is 1. The van der Waals surface area contributed by atoms with Crippen molar-refractivity contribution < 1.29 is 0 Å². The van der Waals surface area contributed by atoms with Crippen molar-refractivity contribution in [1.29, 1.82) is 0 Å². The van der Waals surface area contributed by atoms with Crippen LogP contribution in [0, 0.1) is 0 Å². The molecule has 84 valence electrons. The maximum Gasteiger partial charge on any atom is 0.0713 e. The fourth-order valence-corrected chi connectivity index (χ4v) is 2.74. The molecule has 0 aliphatic carbocycles. The molecule has 2 nitrogen and oxygen atoms in total. The van der Waals surface area contributed by atoms with Gasteiger partial charge >= 0.3 is 0 Å². The molecule has 0 atom stereocenters. The van der Waals surface area contributed by atoms with E-state index in [0.717, 1.165) is 16.8 Å². The maximum absolute atomic E-state index is 5.76. The van der Waals surface area contributed by atoms with Crippen LogP contribution in [0.5, 0.6) is 0 Å². The fourth-order valence-electron chi connectivity index (χ4n) is 1.68. The summed E-state index contributed by atoms with van der Waals surface area (Å²) >= 11 is 1.88. The van der Waals surface area contributed by atoms with Gasteiger partial charge in [-0.1, -0.05) is 25.1 Å². The summed E-state index contributed by atoms with van der Waals surface area (Å²) in [5.74, 6) is 1.13. The molecule has 2 N–H and O–H groups in total. The van der Waals surface area contributed by atoms with Crippen LogP contribution < -0.4 is 5.73 Å². The van der Waals surface area contributed by atoms with Crippen LogP contribution in [-0.2, 0) is 6.54 Å². The molecular formula is C13H16N2S. The van der Waals surface area contributed by atoms with Gasteiger partial charge in [0, 0.05) is 23.0 Å². The number of nitrogens with two attached hydrogens (primary N) is 1. The molecule has 1 aromatic carbocycles. The number of pyridine rings is 1. The molecule has 0 aliphatic heterocycles. The lowest BCUT2D eigenvalue weighted by atomic mass is 10.1. The Bertz CT molecular complexity index is 482. The number of rotatable bonds is 4. The van der Waals surface area contributed by atoms with Crippen molar-refractivity contribution in [2.45, 2.75) is 24.8 Å². The highest BCUT2D eigenvalue weighted by Gasteiger charge is 2.07. The van der Waals surface area contributed by atoms with Gasteiger partial charge in [0.05, 0.1) is 5.52 Å². The lowest BCUT2D eigenvalue weighted by Crippen LogP contribution is -2.00. The summed E-state index contributed by atoms with van der Waals surface area (Å²) in [6.45, 7) is 2.75. The molecule has 0 bridgehead atoms. The molecule has 0 unspecified atom stereocenters. The SMILES string of the molecule is CCCSc1c(CN)cnc2ccccc12. The minimum Gasteiger partial charge on any atom is -0.326 e. The van der Waals surface area contributed by atoms with Gasteiger partial charge in [-0.25, -0.2) is 0 Å². The van der Waals surface area contributed by atoms with Crippen molar-refractivity contribution in [3.8, 4) is 0 Å². The Kier molecular flexibility index (Phi) is 3.80. The molecule has 0 spiro atoms. The highest BCUT2D eigenvalue weighted by molar-refractivity contribution is 7.99. The molecule has 1 heterocycles. The second-order valence-corrected chi connectivity index (χ2v) is 4.79. The molecule has 0 fully saturated rings. The minimum atomic E-state index is 0.559. The average molecular weight is 232 g/mol. The second kappa shape index (κ2) is 5.32. The number of nitrogens with zero attached hydrogens (tertiary/aromatic N) is 1. The Labute approximate surface area is 100 Å².